The van der Waals surface area contributed by atoms with Crippen LogP contribution in [-0.2, 0) is 41.9 Å². The summed E-state index contributed by atoms with van der Waals surface area (Å²) in [5.41, 5.74) is 2.80. The van der Waals surface area contributed by atoms with Crippen LogP contribution in [0, 0.1) is 10.8 Å². The second kappa shape index (κ2) is 40.8. The van der Waals surface area contributed by atoms with Crippen LogP contribution in [0.2, 0.25) is 0 Å². The van der Waals surface area contributed by atoms with Crippen molar-refractivity contribution >= 4 is 217 Å². The predicted octanol–water partition coefficient (Wildman–Crippen LogP) is 7.53. The molecule has 14 nitrogen and oxygen atoms in total. The molecule has 4 aliphatic rings. The molecule has 4 heterocycles. The number of thiocarbonyl (C=S) groups is 2. The van der Waals surface area contributed by atoms with Crippen LogP contribution < -0.4 is 31.9 Å². The summed E-state index contributed by atoms with van der Waals surface area (Å²) in [5, 5.41) is 19.3. The fourth-order valence-corrected chi connectivity index (χ4v) is 13.9. The van der Waals surface area contributed by atoms with E-state index in [1.807, 2.05) is 123 Å². The number of carbonyl (C=O) groups excluding carboxylic acids is 4. The summed E-state index contributed by atoms with van der Waals surface area (Å²) in [4.78, 5) is 62.4. The van der Waals surface area contributed by atoms with Gasteiger partial charge in [-0.25, -0.2) is 0 Å². The van der Waals surface area contributed by atoms with Crippen LogP contribution in [0.15, 0.2) is 84.9 Å². The summed E-state index contributed by atoms with van der Waals surface area (Å²) < 4.78 is 12.7. The third-order valence-electron chi connectivity index (χ3n) is 14.5. The minimum Gasteiger partial charge on any atom is -0.374 e. The molecule has 0 saturated carbocycles. The molecule has 28 heteroatoms. The number of benzene rings is 3. The van der Waals surface area contributed by atoms with Crippen LogP contribution in [0.25, 0.3) is 0 Å². The topological polar surface area (TPSA) is 165 Å². The molecule has 0 aliphatic carbocycles. The molecule has 0 bridgehead atoms. The normalized spacial score (nSPS) is 22.1. The number of hydrogen-bond donors (Lipinski definition) is 6. The Morgan fingerprint density at radius 3 is 1.18 bits per heavy atom. The Morgan fingerprint density at radius 2 is 0.878 bits per heavy atom. The molecule has 0 radical (unpaired) electrons. The van der Waals surface area contributed by atoms with E-state index in [1.165, 1.54) is 0 Å². The maximum absolute atomic E-state index is 14.5. The number of carbonyl (C=O) groups is 4. The number of rotatable bonds is 20. The van der Waals surface area contributed by atoms with Crippen LogP contribution in [0.4, 0.5) is 0 Å². The van der Waals surface area contributed by atoms with Gasteiger partial charge in [0.05, 0.1) is 71.3 Å². The molecule has 82 heavy (non-hydrogen) atoms. The molecule has 0 aromatic heterocycles. The van der Waals surface area contributed by atoms with Crippen LogP contribution in [0.1, 0.15) is 102 Å². The zero-order chi connectivity index (χ0) is 51.7. The molecule has 3 aromatic rings. The highest BCUT2D eigenvalue weighted by Gasteiger charge is 2.56. The molecule has 0 spiro atoms. The van der Waals surface area contributed by atoms with Gasteiger partial charge in [-0.05, 0) is 98.2 Å². The van der Waals surface area contributed by atoms with Crippen LogP contribution in [-0.4, -0.2) is 129 Å². The molecule has 470 valence electrons. The van der Waals surface area contributed by atoms with Gasteiger partial charge in [-0.2, -0.15) is 135 Å². The number of thioether (sulfide) groups is 2. The molecular weight excluding hydrogens is 1310 g/mol. The lowest BCUT2D eigenvalue weighted by Crippen LogP contribution is -2.58. The minimum atomic E-state index is -0.676. The molecule has 10 atom stereocenters. The van der Waals surface area contributed by atoms with E-state index < -0.39 is 47.1 Å². The maximum Gasteiger partial charge on any atom is 0.246 e. The van der Waals surface area contributed by atoms with Crippen molar-refractivity contribution in [2.24, 2.45) is 10.8 Å². The number of hydrogen-bond acceptors (Lipinski definition) is 12. The Balaban J connectivity index is -0.00000304. The van der Waals surface area contributed by atoms with Crippen LogP contribution >= 0.6 is 183 Å². The Labute approximate surface area is 577 Å². The van der Waals surface area contributed by atoms with Crippen molar-refractivity contribution in [2.45, 2.75) is 140 Å². The smallest absolute Gasteiger partial charge is 0.246 e. The monoisotopic (exact) mass is 1400 g/mol. The molecule has 4 saturated heterocycles. The zero-order valence-corrected chi connectivity index (χ0v) is 61.2. The number of amides is 4. The predicted molar refractivity (Wildman–Crippen MR) is 400 cm³/mol. The van der Waals surface area contributed by atoms with Gasteiger partial charge in [0, 0.05) is 0 Å². The number of ether oxygens (including phenoxy) is 2. The van der Waals surface area contributed by atoms with E-state index in [-0.39, 0.29) is 195 Å². The van der Waals surface area contributed by atoms with Gasteiger partial charge in [0.25, 0.3) is 0 Å². The Morgan fingerprint density at radius 1 is 0.561 bits per heavy atom. The fourth-order valence-electron chi connectivity index (χ4n) is 10.2. The maximum atomic E-state index is 14.5. The second-order valence-corrected chi connectivity index (χ2v) is 24.3. The molecule has 4 fully saturated rings. The molecular formula is C54H94N8O6S14. The van der Waals surface area contributed by atoms with Crippen LogP contribution in [0.5, 0.6) is 0 Å². The number of fused-ring (bicyclic) bond motifs is 2. The summed E-state index contributed by atoms with van der Waals surface area (Å²) in [6.45, 7) is 13.3. The van der Waals surface area contributed by atoms with Crippen molar-refractivity contribution in [3.8, 4) is 0 Å². The van der Waals surface area contributed by atoms with Gasteiger partial charge in [-0.15, -0.1) is 23.5 Å². The van der Waals surface area contributed by atoms with Gasteiger partial charge in [0.15, 0.2) is 0 Å². The lowest BCUT2D eigenvalue weighted by Gasteiger charge is -2.35. The van der Waals surface area contributed by atoms with Crippen molar-refractivity contribution in [1.82, 2.24) is 41.7 Å². The largest absolute Gasteiger partial charge is 0.374 e. The SMILES string of the molecule is CN[C@@H](C)C(=S)N[C@H]1CCS[C@H]2CC(C)(C)[C@@H](C(=O)N[C@H](COCc3ccc(COC[C@@H](NC(=O)[C@H]4N5C(=O)[C@@H](NC(=S)[C@H](C)NC)CCS[C@H]5CC4(C)C)c4ccccc4)cc3)c3ccccc3)N2C1=O.S.S.S.S.S.S.S.S.S.S. The summed E-state index contributed by atoms with van der Waals surface area (Å²) in [6, 6.07) is 24.1. The second-order valence-electron chi connectivity index (χ2n) is 20.8. The first kappa shape index (κ1) is 87.8. The van der Waals surface area contributed by atoms with Gasteiger partial charge in [0.2, 0.25) is 23.6 Å². The Kier molecular flexibility index (Phi) is 43.7. The highest BCUT2D eigenvalue weighted by atomic mass is 32.2. The minimum absolute atomic E-state index is 0. The van der Waals surface area contributed by atoms with Crippen molar-refractivity contribution in [3.05, 3.63) is 107 Å². The highest BCUT2D eigenvalue weighted by molar-refractivity contribution is 8.00. The average Bonchev–Trinajstić information content (AvgIpc) is 3.69. The number of nitrogens with one attached hydrogen (secondary N) is 6. The zero-order valence-electron chi connectivity index (χ0n) is 47.9. The first-order valence-electron chi connectivity index (χ1n) is 25.2. The lowest BCUT2D eigenvalue weighted by molar-refractivity contribution is -0.142. The van der Waals surface area contributed by atoms with E-state index in [4.69, 9.17) is 33.9 Å². The van der Waals surface area contributed by atoms with Gasteiger partial charge >= 0.3 is 0 Å². The average molecular weight is 1400 g/mol. The molecule has 4 amide bonds. The summed E-state index contributed by atoms with van der Waals surface area (Å²) in [6.07, 6.45) is 2.66. The van der Waals surface area contributed by atoms with Crippen molar-refractivity contribution in [2.75, 3.05) is 38.8 Å². The standard InChI is InChI=1S/C54H74N8O6S4.10H2S/c1-33(55-7)49(69)59-39-23-25-71-43-27-53(3,4)45(61(43)51(39)65)47(63)57-41(37-15-11-9-12-16-37)31-67-29-35-19-21-36(22-20-35)30-68-32-42(38-17-13-10-14-18-38)58-48(64)46-54(5,6)28-44-62(46)52(66)40(24-26-72-44)60-50(70)34(2)56-8;;;;;;;;;;/h9-22,33-34,39-46,55-56H,23-32H2,1-8H3,(H,57,63)(H,58,64)(H,59,69)(H,60,70);10*1H2/t33-,34-,39-,40-,41+,42+,43-,44-,45+,46+;;;;;;;;;;/m0........../s1. The van der Waals surface area contributed by atoms with E-state index in [2.05, 4.69) is 59.6 Å². The van der Waals surface area contributed by atoms with E-state index >= 15 is 0 Å². The third kappa shape index (κ3) is 22.4. The Bertz CT molecular complexity index is 2230. The van der Waals surface area contributed by atoms with Gasteiger partial charge < -0.3 is 51.2 Å². The van der Waals surface area contributed by atoms with Gasteiger partial charge in [0.1, 0.15) is 24.2 Å². The molecule has 0 unspecified atom stereocenters. The van der Waals surface area contributed by atoms with Crippen molar-refractivity contribution in [3.63, 3.8) is 0 Å². The molecule has 3 aromatic carbocycles. The summed E-state index contributed by atoms with van der Waals surface area (Å²) >= 11 is 14.7. The van der Waals surface area contributed by atoms with E-state index in [0.717, 1.165) is 33.8 Å². The third-order valence-corrected chi connectivity index (χ3v) is 18.0. The molecule has 7 rings (SSSR count). The molecule has 4 aliphatic heterocycles. The number of likely N-dealkylation sites (N-methyl/N-ethyl adjacent to an activating group) is 2. The van der Waals surface area contributed by atoms with Gasteiger partial charge in [-0.3, -0.25) is 19.2 Å². The highest BCUT2D eigenvalue weighted by Crippen LogP contribution is 2.48. The quantitative estimate of drug-likeness (QED) is 0.0616. The van der Waals surface area contributed by atoms with E-state index in [9.17, 15) is 19.2 Å². The summed E-state index contributed by atoms with van der Waals surface area (Å²) in [5.74, 6) is 0.965. The summed E-state index contributed by atoms with van der Waals surface area (Å²) in [7, 11) is 3.67. The first-order valence-corrected chi connectivity index (χ1v) is 28.1. The lowest BCUT2D eigenvalue weighted by atomic mass is 9.83. The first-order chi connectivity index (χ1) is 34.4. The van der Waals surface area contributed by atoms with Crippen molar-refractivity contribution < 1.29 is 28.7 Å². The Hall–Kier alpha value is -0.640. The van der Waals surface area contributed by atoms with E-state index in [1.54, 1.807) is 23.5 Å². The molecule has 6 N–H and O–H groups in total. The van der Waals surface area contributed by atoms with Gasteiger partial charge in [-0.1, -0.05) is 137 Å². The van der Waals surface area contributed by atoms with E-state index in [0.29, 0.717) is 48.9 Å². The van der Waals surface area contributed by atoms with Crippen molar-refractivity contribution in [1.29, 1.82) is 0 Å². The number of nitrogens with zero attached hydrogens (tertiary/aromatic N) is 2. The fraction of sp³-hybridized carbons (Fsp3) is 0.556. The van der Waals surface area contributed by atoms with Crippen LogP contribution in [0.3, 0.4) is 0 Å².